The molecule has 1 aliphatic heterocycles. The van der Waals surface area contributed by atoms with Crippen molar-refractivity contribution in [3.63, 3.8) is 0 Å². The summed E-state index contributed by atoms with van der Waals surface area (Å²) in [5.41, 5.74) is 1.77. The van der Waals surface area contributed by atoms with Gasteiger partial charge in [0.05, 0.1) is 6.61 Å². The maximum Gasteiger partial charge on any atom is 0.302 e. The number of aliphatic hydroxyl groups is 1. The summed E-state index contributed by atoms with van der Waals surface area (Å²) in [6.45, 7) is 14.4. The maximum absolute atomic E-state index is 12.3. The molecule has 0 spiro atoms. The van der Waals surface area contributed by atoms with Crippen LogP contribution in [0.15, 0.2) is 11.6 Å². The van der Waals surface area contributed by atoms with Gasteiger partial charge in [-0.1, -0.05) is 47.1 Å². The van der Waals surface area contributed by atoms with Crippen LogP contribution in [0.2, 0.25) is 0 Å². The molecule has 4 heteroatoms. The summed E-state index contributed by atoms with van der Waals surface area (Å²) >= 11 is 0. The van der Waals surface area contributed by atoms with Gasteiger partial charge in [-0.25, -0.2) is 0 Å². The van der Waals surface area contributed by atoms with Gasteiger partial charge in [0.2, 0.25) is 0 Å². The van der Waals surface area contributed by atoms with Crippen LogP contribution < -0.4 is 0 Å². The van der Waals surface area contributed by atoms with E-state index in [1.54, 1.807) is 6.92 Å². The van der Waals surface area contributed by atoms with E-state index in [1.807, 2.05) is 0 Å². The first kappa shape index (κ1) is 21.9. The van der Waals surface area contributed by atoms with Gasteiger partial charge in [-0.05, 0) is 78.1 Å². The number of carbonyl (C=O) groups excluding carboxylic acids is 1. The molecular weight excluding hydrogens is 388 g/mol. The molecule has 5 rings (SSSR count). The van der Waals surface area contributed by atoms with Gasteiger partial charge in [0.15, 0.2) is 6.29 Å². The molecule has 0 radical (unpaired) electrons. The smallest absolute Gasteiger partial charge is 0.302 e. The summed E-state index contributed by atoms with van der Waals surface area (Å²) in [5, 5.41) is 10.9. The second-order valence-corrected chi connectivity index (χ2v) is 12.9. The zero-order valence-electron chi connectivity index (χ0n) is 20.4. The van der Waals surface area contributed by atoms with E-state index in [0.29, 0.717) is 23.9 Å². The zero-order valence-corrected chi connectivity index (χ0v) is 20.4. The Hall–Kier alpha value is -0.870. The van der Waals surface area contributed by atoms with Crippen LogP contribution in [0.25, 0.3) is 0 Å². The van der Waals surface area contributed by atoms with Crippen molar-refractivity contribution in [2.75, 3.05) is 6.61 Å². The quantitative estimate of drug-likeness (QED) is 0.442. The minimum Gasteiger partial charge on any atom is -0.462 e. The standard InChI is InChI=1S/C27H42O4/c1-16(28)31-21-14-20-25(4)12-7-11-24(2,3)18(25)10-13-26(20,5)19-9-8-17-15-30-23(29)22(17)27(19,21)6/h8,18-23,29H,7,9-15H2,1-6H3/t18-,19-,20+,21+,22+,23-,25-,26-,27+/m0/s1. The first-order valence-electron chi connectivity index (χ1n) is 12.6. The molecule has 5 aliphatic rings. The molecule has 31 heavy (non-hydrogen) atoms. The number of carbonyl (C=O) groups is 1. The Kier molecular flexibility index (Phi) is 4.83. The van der Waals surface area contributed by atoms with Crippen LogP contribution in [0, 0.1) is 45.3 Å². The van der Waals surface area contributed by atoms with Gasteiger partial charge in [-0.3, -0.25) is 4.79 Å². The van der Waals surface area contributed by atoms with Crippen molar-refractivity contribution < 1.29 is 19.4 Å². The lowest BCUT2D eigenvalue weighted by Gasteiger charge is -2.70. The molecule has 0 unspecified atom stereocenters. The third-order valence-corrected chi connectivity index (χ3v) is 11.2. The highest BCUT2D eigenvalue weighted by Gasteiger charge is 2.70. The highest BCUT2D eigenvalue weighted by molar-refractivity contribution is 5.66. The highest BCUT2D eigenvalue weighted by atomic mass is 16.6. The Bertz CT molecular complexity index is 801. The van der Waals surface area contributed by atoms with E-state index >= 15 is 0 Å². The first-order chi connectivity index (χ1) is 14.4. The van der Waals surface area contributed by atoms with E-state index in [9.17, 15) is 9.90 Å². The largest absolute Gasteiger partial charge is 0.462 e. The molecule has 9 atom stereocenters. The van der Waals surface area contributed by atoms with Crippen molar-refractivity contribution in [2.45, 2.75) is 98.9 Å². The third-order valence-electron chi connectivity index (χ3n) is 11.2. The molecule has 1 saturated heterocycles. The van der Waals surface area contributed by atoms with Crippen LogP contribution >= 0.6 is 0 Å². The number of ether oxygens (including phenoxy) is 2. The summed E-state index contributed by atoms with van der Waals surface area (Å²) in [6, 6.07) is 0. The van der Waals surface area contributed by atoms with Crippen LogP contribution in [-0.4, -0.2) is 30.1 Å². The minimum absolute atomic E-state index is 0.0679. The third kappa shape index (κ3) is 2.82. The van der Waals surface area contributed by atoms with Gasteiger partial charge in [0.1, 0.15) is 6.10 Å². The molecule has 1 N–H and O–H groups in total. The number of aliphatic hydroxyl groups excluding tert-OH is 1. The molecule has 0 amide bonds. The van der Waals surface area contributed by atoms with Gasteiger partial charge in [0, 0.05) is 18.3 Å². The van der Waals surface area contributed by atoms with Crippen LogP contribution in [0.3, 0.4) is 0 Å². The summed E-state index contributed by atoms with van der Waals surface area (Å²) < 4.78 is 11.9. The Balaban J connectivity index is 1.62. The van der Waals surface area contributed by atoms with E-state index in [2.05, 4.69) is 40.7 Å². The number of hydrogen-bond acceptors (Lipinski definition) is 4. The SMILES string of the molecule is CC(=O)O[C@@H]1C[C@@H]2[C@@]3(C)CCCC(C)(C)[C@@H]3CC[C@@]2(C)[C@@H]2CC=C3CO[C@H](O)[C@@H]3[C@@]12C. The molecule has 4 nitrogen and oxygen atoms in total. The Morgan fingerprint density at radius 2 is 1.77 bits per heavy atom. The fourth-order valence-corrected chi connectivity index (χ4v) is 10.1. The predicted molar refractivity (Wildman–Crippen MR) is 120 cm³/mol. The molecule has 4 fully saturated rings. The fraction of sp³-hybridized carbons (Fsp3) is 0.889. The van der Waals surface area contributed by atoms with E-state index in [4.69, 9.17) is 9.47 Å². The zero-order chi connectivity index (χ0) is 22.4. The average molecular weight is 431 g/mol. The lowest BCUT2D eigenvalue weighted by molar-refractivity contribution is -0.253. The van der Waals surface area contributed by atoms with E-state index in [0.717, 1.165) is 18.8 Å². The number of esters is 1. The van der Waals surface area contributed by atoms with Gasteiger partial charge in [0.25, 0.3) is 0 Å². The molecule has 0 aromatic heterocycles. The maximum atomic E-state index is 12.3. The summed E-state index contributed by atoms with van der Waals surface area (Å²) in [6.07, 6.45) is 9.75. The van der Waals surface area contributed by atoms with Crippen molar-refractivity contribution in [3.05, 3.63) is 11.6 Å². The summed E-state index contributed by atoms with van der Waals surface area (Å²) in [7, 11) is 0. The number of allylic oxidation sites excluding steroid dienone is 1. The number of rotatable bonds is 1. The van der Waals surface area contributed by atoms with E-state index in [-0.39, 0.29) is 34.2 Å². The lowest BCUT2D eigenvalue weighted by atomic mass is 9.34. The second-order valence-electron chi connectivity index (χ2n) is 12.9. The molecular formula is C27H42O4. The number of fused-ring (bicyclic) bond motifs is 7. The van der Waals surface area contributed by atoms with Crippen LogP contribution in [0.5, 0.6) is 0 Å². The van der Waals surface area contributed by atoms with Crippen molar-refractivity contribution >= 4 is 5.97 Å². The monoisotopic (exact) mass is 430 g/mol. The normalized spacial score (nSPS) is 52.8. The summed E-state index contributed by atoms with van der Waals surface area (Å²) in [4.78, 5) is 12.3. The molecule has 3 saturated carbocycles. The van der Waals surface area contributed by atoms with Crippen molar-refractivity contribution in [1.29, 1.82) is 0 Å². The predicted octanol–water partition coefficient (Wildman–Crippen LogP) is 5.49. The topological polar surface area (TPSA) is 55.8 Å². The molecule has 4 aliphatic carbocycles. The molecule has 0 aromatic rings. The highest BCUT2D eigenvalue weighted by Crippen LogP contribution is 2.73. The first-order valence-corrected chi connectivity index (χ1v) is 12.6. The van der Waals surface area contributed by atoms with Crippen molar-refractivity contribution in [3.8, 4) is 0 Å². The molecule has 0 bridgehead atoms. The summed E-state index contributed by atoms with van der Waals surface area (Å²) in [5.74, 6) is 1.39. The lowest BCUT2D eigenvalue weighted by Crippen LogP contribution is -2.67. The van der Waals surface area contributed by atoms with E-state index in [1.165, 1.54) is 37.7 Å². The fourth-order valence-electron chi connectivity index (χ4n) is 10.1. The Morgan fingerprint density at radius 3 is 2.48 bits per heavy atom. The Labute approximate surface area is 188 Å². The minimum atomic E-state index is -0.794. The molecule has 0 aromatic carbocycles. The van der Waals surface area contributed by atoms with Crippen LogP contribution in [-0.2, 0) is 14.3 Å². The number of hydrogen-bond donors (Lipinski definition) is 1. The van der Waals surface area contributed by atoms with Crippen LogP contribution in [0.1, 0.15) is 86.5 Å². The second kappa shape index (κ2) is 6.82. The Morgan fingerprint density at radius 1 is 1.06 bits per heavy atom. The van der Waals surface area contributed by atoms with Crippen LogP contribution in [0.4, 0.5) is 0 Å². The molecule has 1 heterocycles. The van der Waals surface area contributed by atoms with Gasteiger partial charge in [-0.15, -0.1) is 0 Å². The average Bonchev–Trinajstić information content (AvgIpc) is 3.04. The van der Waals surface area contributed by atoms with Gasteiger partial charge in [-0.2, -0.15) is 0 Å². The van der Waals surface area contributed by atoms with E-state index < -0.39 is 6.29 Å². The van der Waals surface area contributed by atoms with Crippen molar-refractivity contribution in [2.24, 2.45) is 45.3 Å². The van der Waals surface area contributed by atoms with Gasteiger partial charge >= 0.3 is 5.97 Å². The molecule has 174 valence electrons. The van der Waals surface area contributed by atoms with Gasteiger partial charge < -0.3 is 14.6 Å². The van der Waals surface area contributed by atoms with Crippen molar-refractivity contribution in [1.82, 2.24) is 0 Å².